The highest BCUT2D eigenvalue weighted by Crippen LogP contribution is 2.42. The molecular formula is C32H36N2O3. The summed E-state index contributed by atoms with van der Waals surface area (Å²) in [7, 11) is 0. The Bertz CT molecular complexity index is 1300. The Kier molecular flexibility index (Phi) is 7.42. The maximum absolute atomic E-state index is 6.42. The van der Waals surface area contributed by atoms with Crippen LogP contribution in [0.25, 0.3) is 33.4 Å². The second kappa shape index (κ2) is 11.4. The summed E-state index contributed by atoms with van der Waals surface area (Å²) < 4.78 is 18.6. The monoisotopic (exact) mass is 496 g/mol. The number of para-hydroxylation sites is 1. The molecule has 37 heavy (non-hydrogen) atoms. The molecule has 0 N–H and O–H groups in total. The first-order valence-electron chi connectivity index (χ1n) is 13.8. The van der Waals surface area contributed by atoms with Crippen LogP contribution in [0, 0.1) is 0 Å². The van der Waals surface area contributed by atoms with Crippen LogP contribution in [-0.4, -0.2) is 62.3 Å². The van der Waals surface area contributed by atoms with E-state index in [2.05, 4.69) is 52.3 Å². The van der Waals surface area contributed by atoms with Gasteiger partial charge in [-0.2, -0.15) is 0 Å². The molecule has 0 amide bonds. The topological polar surface area (TPSA) is 38.1 Å². The summed E-state index contributed by atoms with van der Waals surface area (Å²) in [5, 5.41) is 1.11. The predicted octanol–water partition coefficient (Wildman–Crippen LogP) is 6.72. The minimum atomic E-state index is 0.710. The van der Waals surface area contributed by atoms with Gasteiger partial charge in [-0.05, 0) is 99.9 Å². The van der Waals surface area contributed by atoms with Crippen LogP contribution in [0.5, 0.6) is 11.5 Å². The first kappa shape index (κ1) is 24.1. The molecule has 3 heterocycles. The SMILES string of the molecule is c1cc(OCCN2CCCC2)cc(-c2c(-c3ccc(OCCN4CCCC4)cc3)oc3ccccc23)c1. The maximum atomic E-state index is 6.42. The number of fused-ring (bicyclic) bond motifs is 1. The third-order valence-corrected chi connectivity index (χ3v) is 7.58. The molecule has 1 aromatic heterocycles. The molecular weight excluding hydrogens is 460 g/mol. The zero-order chi connectivity index (χ0) is 24.9. The van der Waals surface area contributed by atoms with E-state index in [9.17, 15) is 0 Å². The van der Waals surface area contributed by atoms with Gasteiger partial charge in [0.1, 0.15) is 36.1 Å². The van der Waals surface area contributed by atoms with Crippen LogP contribution >= 0.6 is 0 Å². The molecule has 2 fully saturated rings. The molecule has 0 aliphatic carbocycles. The third-order valence-electron chi connectivity index (χ3n) is 7.58. The molecule has 5 heteroatoms. The average molecular weight is 497 g/mol. The van der Waals surface area contributed by atoms with Crippen molar-refractivity contribution >= 4 is 11.0 Å². The highest BCUT2D eigenvalue weighted by atomic mass is 16.5. The van der Waals surface area contributed by atoms with E-state index in [-0.39, 0.29) is 0 Å². The Labute approximate surface area is 219 Å². The lowest BCUT2D eigenvalue weighted by Gasteiger charge is -2.15. The first-order chi connectivity index (χ1) is 18.3. The molecule has 0 unspecified atom stereocenters. The summed E-state index contributed by atoms with van der Waals surface area (Å²) in [4.78, 5) is 4.95. The van der Waals surface area contributed by atoms with E-state index < -0.39 is 0 Å². The minimum Gasteiger partial charge on any atom is -0.492 e. The van der Waals surface area contributed by atoms with Gasteiger partial charge in [-0.15, -0.1) is 0 Å². The van der Waals surface area contributed by atoms with Crippen molar-refractivity contribution in [2.45, 2.75) is 25.7 Å². The molecule has 0 atom stereocenters. The van der Waals surface area contributed by atoms with Crippen LogP contribution < -0.4 is 9.47 Å². The minimum absolute atomic E-state index is 0.710. The third kappa shape index (κ3) is 5.68. The molecule has 2 saturated heterocycles. The summed E-state index contributed by atoms with van der Waals surface area (Å²) in [6.45, 7) is 8.18. The van der Waals surface area contributed by atoms with Gasteiger partial charge in [0.25, 0.3) is 0 Å². The quantitative estimate of drug-likeness (QED) is 0.244. The molecule has 0 radical (unpaired) electrons. The van der Waals surface area contributed by atoms with E-state index in [1.807, 2.05) is 30.3 Å². The average Bonchev–Trinajstić information content (AvgIpc) is 3.71. The molecule has 0 bridgehead atoms. The van der Waals surface area contributed by atoms with Crippen molar-refractivity contribution in [1.82, 2.24) is 9.80 Å². The summed E-state index contributed by atoms with van der Waals surface area (Å²) in [6, 6.07) is 25.0. The van der Waals surface area contributed by atoms with E-state index in [4.69, 9.17) is 13.9 Å². The van der Waals surface area contributed by atoms with Crippen LogP contribution in [-0.2, 0) is 0 Å². The fraction of sp³-hybridized carbons (Fsp3) is 0.375. The lowest BCUT2D eigenvalue weighted by Crippen LogP contribution is -2.25. The number of nitrogens with zero attached hydrogens (tertiary/aromatic N) is 2. The van der Waals surface area contributed by atoms with Crippen LogP contribution in [0.4, 0.5) is 0 Å². The number of furan rings is 1. The van der Waals surface area contributed by atoms with Crippen LogP contribution in [0.15, 0.2) is 77.2 Å². The van der Waals surface area contributed by atoms with Crippen molar-refractivity contribution < 1.29 is 13.9 Å². The normalized spacial score (nSPS) is 16.5. The Morgan fingerprint density at radius 3 is 1.97 bits per heavy atom. The lowest BCUT2D eigenvalue weighted by atomic mass is 9.98. The standard InChI is InChI=1S/C32H36N2O3/c1-2-11-30-29(10-1)31(26-8-7-9-28(24-26)36-23-21-34-18-5-6-19-34)32(37-30)25-12-14-27(15-13-25)35-22-20-33-16-3-4-17-33/h1-2,7-15,24H,3-6,16-23H2. The van der Waals surface area contributed by atoms with Crippen LogP contribution in [0.2, 0.25) is 0 Å². The zero-order valence-electron chi connectivity index (χ0n) is 21.5. The van der Waals surface area contributed by atoms with Gasteiger partial charge in [-0.3, -0.25) is 9.80 Å². The van der Waals surface area contributed by atoms with E-state index >= 15 is 0 Å². The fourth-order valence-corrected chi connectivity index (χ4v) is 5.58. The summed E-state index contributed by atoms with van der Waals surface area (Å²) in [5.74, 6) is 2.67. The van der Waals surface area contributed by atoms with E-state index in [1.165, 1.54) is 51.9 Å². The fourth-order valence-electron chi connectivity index (χ4n) is 5.58. The second-order valence-electron chi connectivity index (χ2n) is 10.1. The van der Waals surface area contributed by atoms with Crippen molar-refractivity contribution in [2.75, 3.05) is 52.5 Å². The zero-order valence-corrected chi connectivity index (χ0v) is 21.5. The summed E-state index contributed by atoms with van der Waals surface area (Å²) in [6.07, 6.45) is 5.22. The highest BCUT2D eigenvalue weighted by Gasteiger charge is 2.18. The Hall–Kier alpha value is -3.28. The van der Waals surface area contributed by atoms with Crippen molar-refractivity contribution in [3.63, 3.8) is 0 Å². The van der Waals surface area contributed by atoms with Crippen molar-refractivity contribution in [2.24, 2.45) is 0 Å². The molecule has 2 aliphatic heterocycles. The maximum Gasteiger partial charge on any atom is 0.143 e. The summed E-state index contributed by atoms with van der Waals surface area (Å²) in [5.41, 5.74) is 4.13. The molecule has 0 saturated carbocycles. The first-order valence-corrected chi connectivity index (χ1v) is 13.8. The van der Waals surface area contributed by atoms with Crippen LogP contribution in [0.3, 0.4) is 0 Å². The molecule has 0 spiro atoms. The van der Waals surface area contributed by atoms with Crippen LogP contribution in [0.1, 0.15) is 25.7 Å². The van der Waals surface area contributed by atoms with Gasteiger partial charge in [-0.25, -0.2) is 0 Å². The lowest BCUT2D eigenvalue weighted by molar-refractivity contribution is 0.238. The molecule has 6 rings (SSSR count). The van der Waals surface area contributed by atoms with Crippen molar-refractivity contribution in [3.05, 3.63) is 72.8 Å². The number of benzene rings is 3. The molecule has 3 aromatic carbocycles. The van der Waals surface area contributed by atoms with Gasteiger partial charge in [0.05, 0.1) is 0 Å². The van der Waals surface area contributed by atoms with Gasteiger partial charge in [0.15, 0.2) is 0 Å². The molecule has 4 aromatic rings. The van der Waals surface area contributed by atoms with Gasteiger partial charge >= 0.3 is 0 Å². The van der Waals surface area contributed by atoms with E-state index in [0.29, 0.717) is 6.61 Å². The Morgan fingerprint density at radius 1 is 0.622 bits per heavy atom. The van der Waals surface area contributed by atoms with E-state index in [1.54, 1.807) is 0 Å². The van der Waals surface area contributed by atoms with Gasteiger partial charge in [0, 0.05) is 29.6 Å². The molecule has 5 nitrogen and oxygen atoms in total. The van der Waals surface area contributed by atoms with Crippen molar-refractivity contribution in [3.8, 4) is 33.9 Å². The Balaban J connectivity index is 1.21. The highest BCUT2D eigenvalue weighted by molar-refractivity contribution is 6.01. The molecule has 2 aliphatic rings. The largest absolute Gasteiger partial charge is 0.492 e. The number of ether oxygens (including phenoxy) is 2. The summed E-state index contributed by atoms with van der Waals surface area (Å²) >= 11 is 0. The smallest absolute Gasteiger partial charge is 0.143 e. The predicted molar refractivity (Wildman–Crippen MR) is 149 cm³/mol. The number of hydrogen-bond acceptors (Lipinski definition) is 5. The number of rotatable bonds is 10. The van der Waals surface area contributed by atoms with Gasteiger partial charge < -0.3 is 13.9 Å². The molecule has 192 valence electrons. The van der Waals surface area contributed by atoms with E-state index in [0.717, 1.165) is 64.6 Å². The van der Waals surface area contributed by atoms with Gasteiger partial charge in [-0.1, -0.05) is 30.3 Å². The second-order valence-corrected chi connectivity index (χ2v) is 10.1. The van der Waals surface area contributed by atoms with Gasteiger partial charge in [0.2, 0.25) is 0 Å². The number of hydrogen-bond donors (Lipinski definition) is 0. The van der Waals surface area contributed by atoms with Crippen molar-refractivity contribution in [1.29, 1.82) is 0 Å². The number of likely N-dealkylation sites (tertiary alicyclic amines) is 2. The Morgan fingerprint density at radius 2 is 1.27 bits per heavy atom.